The molecule has 1 aliphatic carbocycles. The summed E-state index contributed by atoms with van der Waals surface area (Å²) in [5.74, 6) is -1.18. The lowest BCUT2D eigenvalue weighted by molar-refractivity contribution is -0.220. The van der Waals surface area contributed by atoms with Gasteiger partial charge in [-0.3, -0.25) is 18.6 Å². The predicted molar refractivity (Wildman–Crippen MR) is 239 cm³/mol. The van der Waals surface area contributed by atoms with E-state index in [1.54, 1.807) is 0 Å². The van der Waals surface area contributed by atoms with Gasteiger partial charge in [-0.2, -0.15) is 0 Å². The third-order valence-corrected chi connectivity index (χ3v) is 12.1. The first-order chi connectivity index (χ1) is 29.9. The minimum absolute atomic E-state index is 0.0640. The molecule has 0 aromatic heterocycles. The van der Waals surface area contributed by atoms with Gasteiger partial charge < -0.3 is 44.6 Å². The van der Waals surface area contributed by atoms with Crippen molar-refractivity contribution < 1.29 is 67.8 Å². The molecule has 62 heavy (non-hydrogen) atoms. The lowest BCUT2D eigenvalue weighted by atomic mass is 9.85. The molecule has 1 saturated heterocycles. The van der Waals surface area contributed by atoms with Crippen LogP contribution in [0.25, 0.3) is 0 Å². The first-order valence-corrected chi connectivity index (χ1v) is 25.1. The molecule has 0 aromatic carbocycles. The fourth-order valence-corrected chi connectivity index (χ4v) is 8.11. The van der Waals surface area contributed by atoms with Gasteiger partial charge >= 0.3 is 19.8 Å². The van der Waals surface area contributed by atoms with Crippen LogP contribution < -0.4 is 0 Å². The summed E-state index contributed by atoms with van der Waals surface area (Å²) < 4.78 is 39.2. The highest BCUT2D eigenvalue weighted by atomic mass is 31.2. The number of epoxide rings is 1. The average Bonchev–Trinajstić information content (AvgIpc) is 4.01. The van der Waals surface area contributed by atoms with Crippen LogP contribution in [0.1, 0.15) is 168 Å². The second kappa shape index (κ2) is 34.2. The Labute approximate surface area is 371 Å². The number of hydrogen-bond donors (Lipinski definition) is 6. The van der Waals surface area contributed by atoms with Crippen LogP contribution in [0.2, 0.25) is 0 Å². The van der Waals surface area contributed by atoms with Crippen LogP contribution in [0, 0.1) is 0 Å². The zero-order valence-electron chi connectivity index (χ0n) is 37.6. The molecule has 2 fully saturated rings. The van der Waals surface area contributed by atoms with Crippen molar-refractivity contribution in [1.82, 2.24) is 0 Å². The number of phosphoric acid groups is 1. The average molecular weight is 901 g/mol. The highest BCUT2D eigenvalue weighted by molar-refractivity contribution is 7.47. The largest absolute Gasteiger partial charge is 0.472 e. The summed E-state index contributed by atoms with van der Waals surface area (Å²) >= 11 is 0. The first kappa shape index (κ1) is 55.9. The Morgan fingerprint density at radius 1 is 0.581 bits per heavy atom. The highest BCUT2D eigenvalue weighted by Gasteiger charge is 2.51. The standard InChI is InChI=1S/C47H81O14P/c1-3-5-7-8-9-10-11-12-13-14-15-16-17-18-22-25-29-33-40(48)57-35-37(36-58-62(55,56)61-47-45(53)43(51)42(50)44(52)46(47)54)59-41(49)34-30-26-23-20-19-21-24-28-32-39-38(60-39)31-27-6-4-2/h12-13,15-16,18,22,24,28,37-39,42-47,50-54H,3-11,14,17,19-21,23,25-27,29-36H2,1-2H3,(H,55,56)/b13-12-,16-15-,22-18-,28-24-/t37-,38?,39?,42?,43-,44+,45-,46-,47?/m1/s1. The molecule has 0 aromatic rings. The number of esters is 2. The molecule has 2 aliphatic rings. The summed E-state index contributed by atoms with van der Waals surface area (Å²) in [5.41, 5.74) is 0. The third kappa shape index (κ3) is 25.9. The lowest BCUT2D eigenvalue weighted by Gasteiger charge is -2.41. The maximum atomic E-state index is 12.8. The van der Waals surface area contributed by atoms with E-state index in [0.29, 0.717) is 31.5 Å². The summed E-state index contributed by atoms with van der Waals surface area (Å²) in [7, 11) is -5.14. The number of aliphatic hydroxyl groups excluding tert-OH is 5. The molecule has 0 spiro atoms. The smallest absolute Gasteiger partial charge is 0.462 e. The van der Waals surface area contributed by atoms with E-state index >= 15 is 0 Å². The molecule has 6 N–H and O–H groups in total. The molecule has 0 radical (unpaired) electrons. The van der Waals surface area contributed by atoms with E-state index in [0.717, 1.165) is 64.2 Å². The molecule has 358 valence electrons. The van der Waals surface area contributed by atoms with E-state index in [1.807, 2.05) is 12.2 Å². The van der Waals surface area contributed by atoms with Gasteiger partial charge in [-0.1, -0.05) is 133 Å². The van der Waals surface area contributed by atoms with Crippen molar-refractivity contribution in [2.45, 2.75) is 223 Å². The summed E-state index contributed by atoms with van der Waals surface area (Å²) in [5, 5.41) is 50.2. The Balaban J connectivity index is 1.73. The Morgan fingerprint density at radius 3 is 1.71 bits per heavy atom. The number of rotatable bonds is 37. The van der Waals surface area contributed by atoms with Crippen molar-refractivity contribution >= 4 is 19.8 Å². The van der Waals surface area contributed by atoms with Crippen LogP contribution in [0.5, 0.6) is 0 Å². The number of unbranched alkanes of at least 4 members (excludes halogenated alkanes) is 14. The topological polar surface area (TPSA) is 222 Å². The van der Waals surface area contributed by atoms with Crippen LogP contribution in [0.3, 0.4) is 0 Å². The molecular formula is C47H81O14P. The van der Waals surface area contributed by atoms with Crippen molar-refractivity contribution in [1.29, 1.82) is 0 Å². The Kier molecular flexibility index (Phi) is 30.8. The van der Waals surface area contributed by atoms with Gasteiger partial charge in [0.15, 0.2) is 6.10 Å². The second-order valence-corrected chi connectivity index (χ2v) is 18.0. The molecule has 14 nitrogen and oxygen atoms in total. The van der Waals surface area contributed by atoms with Crippen molar-refractivity contribution in [2.24, 2.45) is 0 Å². The number of ether oxygens (including phenoxy) is 3. The van der Waals surface area contributed by atoms with Crippen molar-refractivity contribution in [2.75, 3.05) is 13.2 Å². The molecule has 1 aliphatic heterocycles. The van der Waals surface area contributed by atoms with Crippen LogP contribution in [0.15, 0.2) is 48.6 Å². The van der Waals surface area contributed by atoms with E-state index in [9.17, 15) is 44.6 Å². The van der Waals surface area contributed by atoms with Crippen LogP contribution in [0.4, 0.5) is 0 Å². The quantitative estimate of drug-likeness (QED) is 0.0114. The highest BCUT2D eigenvalue weighted by Crippen LogP contribution is 2.47. The number of carbonyl (C=O) groups is 2. The summed E-state index contributed by atoms with van der Waals surface area (Å²) in [6.07, 6.45) is 27.7. The fourth-order valence-electron chi connectivity index (χ4n) is 7.13. The molecular weight excluding hydrogens is 819 g/mol. The third-order valence-electron chi connectivity index (χ3n) is 11.1. The maximum absolute atomic E-state index is 12.8. The van der Waals surface area contributed by atoms with Gasteiger partial charge in [0.05, 0.1) is 18.8 Å². The first-order valence-electron chi connectivity index (χ1n) is 23.6. The minimum Gasteiger partial charge on any atom is -0.462 e. The second-order valence-electron chi connectivity index (χ2n) is 16.6. The molecule has 10 atom stereocenters. The van der Waals surface area contributed by atoms with Crippen LogP contribution >= 0.6 is 7.82 Å². The van der Waals surface area contributed by atoms with Gasteiger partial charge in [0.2, 0.25) is 0 Å². The normalized spacial score (nSPS) is 25.5. The minimum atomic E-state index is -5.14. The van der Waals surface area contributed by atoms with Gasteiger partial charge in [0, 0.05) is 12.8 Å². The Hall–Kier alpha value is -2.23. The van der Waals surface area contributed by atoms with E-state index in [4.69, 9.17) is 23.3 Å². The maximum Gasteiger partial charge on any atom is 0.472 e. The summed E-state index contributed by atoms with van der Waals surface area (Å²) in [6, 6.07) is 0. The number of phosphoric ester groups is 1. The zero-order chi connectivity index (χ0) is 45.4. The molecule has 2 rings (SSSR count). The lowest BCUT2D eigenvalue weighted by Crippen LogP contribution is -2.64. The zero-order valence-corrected chi connectivity index (χ0v) is 38.5. The number of hydrogen-bond acceptors (Lipinski definition) is 13. The number of allylic oxidation sites excluding steroid dienone is 7. The van der Waals surface area contributed by atoms with E-state index in [2.05, 4.69) is 50.3 Å². The Bertz CT molecular complexity index is 1340. The molecule has 1 heterocycles. The van der Waals surface area contributed by atoms with Crippen LogP contribution in [-0.4, -0.2) is 111 Å². The van der Waals surface area contributed by atoms with Crippen molar-refractivity contribution in [3.05, 3.63) is 48.6 Å². The summed E-state index contributed by atoms with van der Waals surface area (Å²) in [6.45, 7) is 3.20. The van der Waals surface area contributed by atoms with Gasteiger partial charge in [-0.05, 0) is 70.6 Å². The van der Waals surface area contributed by atoms with Crippen LogP contribution in [-0.2, 0) is 37.4 Å². The van der Waals surface area contributed by atoms with Crippen molar-refractivity contribution in [3.8, 4) is 0 Å². The number of aliphatic hydroxyl groups is 5. The predicted octanol–water partition coefficient (Wildman–Crippen LogP) is 8.16. The fraction of sp³-hybridized carbons (Fsp3) is 0.787. The monoisotopic (exact) mass is 901 g/mol. The van der Waals surface area contributed by atoms with Gasteiger partial charge in [0.1, 0.15) is 43.2 Å². The molecule has 0 amide bonds. The van der Waals surface area contributed by atoms with Gasteiger partial charge in [0.25, 0.3) is 0 Å². The summed E-state index contributed by atoms with van der Waals surface area (Å²) in [4.78, 5) is 35.7. The van der Waals surface area contributed by atoms with Gasteiger partial charge in [-0.25, -0.2) is 4.57 Å². The van der Waals surface area contributed by atoms with Crippen molar-refractivity contribution in [3.63, 3.8) is 0 Å². The Morgan fingerprint density at radius 2 is 1.08 bits per heavy atom. The van der Waals surface area contributed by atoms with E-state index in [-0.39, 0.29) is 12.8 Å². The van der Waals surface area contributed by atoms with Gasteiger partial charge in [-0.15, -0.1) is 0 Å². The number of carbonyl (C=O) groups excluding carboxylic acids is 2. The van der Waals surface area contributed by atoms with E-state index in [1.165, 1.54) is 57.8 Å². The SMILES string of the molecule is CCCCCCCC/C=C\C/C=C\C/C=C\CCCC(=O)OC[C@H](COP(=O)(O)OC1[C@H](O)[C@H](O)C(O)[C@H](O)[C@H]1O)OC(=O)CCCCCCC/C=C\CC1OC1CCCCC. The molecule has 15 heteroatoms. The molecule has 1 saturated carbocycles. The van der Waals surface area contributed by atoms with E-state index < -0.39 is 75.7 Å². The molecule has 0 bridgehead atoms. The molecule has 5 unspecified atom stereocenters.